The smallest absolute Gasteiger partial charge is 0.252 e. The molecule has 0 spiro atoms. The summed E-state index contributed by atoms with van der Waals surface area (Å²) in [6, 6.07) is 8.76. The number of aromatic hydroxyl groups is 1. The lowest BCUT2D eigenvalue weighted by atomic mass is 10.2. The highest BCUT2D eigenvalue weighted by molar-refractivity contribution is 7.25. The highest BCUT2D eigenvalue weighted by Gasteiger charge is 2.12. The van der Waals surface area contributed by atoms with Crippen LogP contribution < -0.4 is 5.56 Å². The first kappa shape index (κ1) is 12.0. The van der Waals surface area contributed by atoms with Crippen molar-refractivity contribution in [2.45, 2.75) is 0 Å². The van der Waals surface area contributed by atoms with Gasteiger partial charge < -0.3 is 10.1 Å². The fourth-order valence-corrected chi connectivity index (χ4v) is 3.35. The van der Waals surface area contributed by atoms with Crippen LogP contribution in [-0.4, -0.2) is 20.1 Å². The van der Waals surface area contributed by atoms with Crippen molar-refractivity contribution in [3.8, 4) is 17.0 Å². The van der Waals surface area contributed by atoms with Gasteiger partial charge in [-0.25, -0.2) is 4.98 Å². The maximum Gasteiger partial charge on any atom is 0.252 e. The molecule has 4 aromatic rings. The molecule has 0 aromatic carbocycles. The number of hydrogen-bond donors (Lipinski definition) is 2. The number of thiophene rings is 1. The van der Waals surface area contributed by atoms with Gasteiger partial charge in [-0.2, -0.15) is 0 Å². The number of aromatic nitrogens is 3. The molecule has 5 nitrogen and oxygen atoms in total. The van der Waals surface area contributed by atoms with Crippen molar-refractivity contribution in [1.82, 2.24) is 15.0 Å². The lowest BCUT2D eigenvalue weighted by molar-refractivity contribution is 0.481. The Balaban J connectivity index is 2.03. The van der Waals surface area contributed by atoms with Crippen molar-refractivity contribution in [3.63, 3.8) is 0 Å². The maximum atomic E-state index is 11.5. The molecule has 0 amide bonds. The molecule has 0 fully saturated rings. The molecule has 0 saturated heterocycles. The van der Waals surface area contributed by atoms with Gasteiger partial charge in [-0.15, -0.1) is 11.3 Å². The number of nitrogens with one attached hydrogen (secondary N) is 1. The Morgan fingerprint density at radius 1 is 1.24 bits per heavy atom. The van der Waals surface area contributed by atoms with Crippen LogP contribution in [0, 0.1) is 0 Å². The summed E-state index contributed by atoms with van der Waals surface area (Å²) >= 11 is 1.35. The molecule has 21 heavy (non-hydrogen) atoms. The molecule has 4 aromatic heterocycles. The molecule has 102 valence electrons. The van der Waals surface area contributed by atoms with Crippen molar-refractivity contribution in [2.75, 3.05) is 0 Å². The molecule has 0 aliphatic heterocycles. The van der Waals surface area contributed by atoms with Crippen molar-refractivity contribution >= 4 is 31.8 Å². The van der Waals surface area contributed by atoms with E-state index in [2.05, 4.69) is 15.0 Å². The number of pyridine rings is 3. The molecule has 0 saturated carbocycles. The molecule has 0 aliphatic rings. The van der Waals surface area contributed by atoms with Gasteiger partial charge >= 0.3 is 0 Å². The van der Waals surface area contributed by atoms with Gasteiger partial charge in [0.2, 0.25) is 0 Å². The van der Waals surface area contributed by atoms with Gasteiger partial charge in [0.25, 0.3) is 5.56 Å². The van der Waals surface area contributed by atoms with Gasteiger partial charge in [0, 0.05) is 29.4 Å². The van der Waals surface area contributed by atoms with E-state index in [1.165, 1.54) is 17.4 Å². The second-order valence-electron chi connectivity index (χ2n) is 4.62. The molecule has 0 atom stereocenters. The minimum Gasteiger partial charge on any atom is -0.506 e. The van der Waals surface area contributed by atoms with E-state index in [1.807, 2.05) is 24.3 Å². The molecule has 0 radical (unpaired) electrons. The predicted molar refractivity (Wildman–Crippen MR) is 82.6 cm³/mol. The lowest BCUT2D eigenvalue weighted by Gasteiger charge is -1.99. The summed E-state index contributed by atoms with van der Waals surface area (Å²) in [4.78, 5) is 23.7. The topological polar surface area (TPSA) is 78.9 Å². The SMILES string of the molecule is O=c1cc(O)c2sc3nc(-c4cccnc4)ccc3c2[nH]1. The Hall–Kier alpha value is -2.73. The molecule has 2 N–H and O–H groups in total. The summed E-state index contributed by atoms with van der Waals surface area (Å²) in [6.45, 7) is 0. The minimum absolute atomic E-state index is 0.0142. The fourth-order valence-electron chi connectivity index (χ4n) is 2.31. The first-order valence-electron chi connectivity index (χ1n) is 6.28. The first-order chi connectivity index (χ1) is 10.2. The van der Waals surface area contributed by atoms with Crippen LogP contribution in [0.3, 0.4) is 0 Å². The average molecular weight is 295 g/mol. The van der Waals surface area contributed by atoms with Crippen molar-refractivity contribution in [1.29, 1.82) is 0 Å². The molecule has 6 heteroatoms. The van der Waals surface area contributed by atoms with Gasteiger partial charge in [0.15, 0.2) is 0 Å². The summed E-state index contributed by atoms with van der Waals surface area (Å²) in [5, 5.41) is 10.7. The second-order valence-corrected chi connectivity index (χ2v) is 5.61. The molecule has 4 rings (SSSR count). The molecule has 0 bridgehead atoms. The maximum absolute atomic E-state index is 11.5. The highest BCUT2D eigenvalue weighted by atomic mass is 32.1. The third-order valence-electron chi connectivity index (χ3n) is 3.26. The molecular weight excluding hydrogens is 286 g/mol. The third-order valence-corrected chi connectivity index (χ3v) is 4.38. The summed E-state index contributed by atoms with van der Waals surface area (Å²) < 4.78 is 0.639. The van der Waals surface area contributed by atoms with Gasteiger partial charge in [0.05, 0.1) is 15.9 Å². The van der Waals surface area contributed by atoms with E-state index in [0.29, 0.717) is 10.2 Å². The minimum atomic E-state index is -0.323. The van der Waals surface area contributed by atoms with E-state index in [1.54, 1.807) is 12.4 Å². The number of aromatic amines is 1. The van der Waals surface area contributed by atoms with Crippen LogP contribution in [-0.2, 0) is 0 Å². The predicted octanol–water partition coefficient (Wildman–Crippen LogP) is 2.91. The van der Waals surface area contributed by atoms with Crippen molar-refractivity contribution in [3.05, 3.63) is 53.1 Å². The Morgan fingerprint density at radius 3 is 2.95 bits per heavy atom. The molecule has 4 heterocycles. The van der Waals surface area contributed by atoms with Gasteiger partial charge in [-0.3, -0.25) is 9.78 Å². The van der Waals surface area contributed by atoms with Gasteiger partial charge in [-0.1, -0.05) is 0 Å². The summed E-state index contributed by atoms with van der Waals surface area (Å²) in [5.74, 6) is -0.0142. The Kier molecular flexibility index (Phi) is 2.52. The van der Waals surface area contributed by atoms with E-state index < -0.39 is 0 Å². The summed E-state index contributed by atoms with van der Waals surface area (Å²) in [5.41, 5.74) is 2.04. The van der Waals surface area contributed by atoms with Crippen molar-refractivity contribution in [2.24, 2.45) is 0 Å². The average Bonchev–Trinajstić information content (AvgIpc) is 2.86. The standard InChI is InChI=1S/C15H9N3O2S/c19-11-6-12(20)18-13-9-3-4-10(8-2-1-5-16-7-8)17-15(9)21-14(11)13/h1-7H,(H2,18,19,20). The number of rotatable bonds is 1. The first-order valence-corrected chi connectivity index (χ1v) is 7.10. The zero-order valence-electron chi connectivity index (χ0n) is 10.7. The number of nitrogens with zero attached hydrogens (tertiary/aromatic N) is 2. The Labute approximate surface area is 122 Å². The normalized spacial score (nSPS) is 11.2. The van der Waals surface area contributed by atoms with Crippen LogP contribution in [0.5, 0.6) is 5.75 Å². The van der Waals surface area contributed by atoms with E-state index in [-0.39, 0.29) is 11.3 Å². The van der Waals surface area contributed by atoms with E-state index in [0.717, 1.165) is 21.5 Å². The summed E-state index contributed by atoms with van der Waals surface area (Å²) in [6.07, 6.45) is 3.46. The third kappa shape index (κ3) is 1.88. The Morgan fingerprint density at radius 2 is 2.14 bits per heavy atom. The zero-order valence-corrected chi connectivity index (χ0v) is 11.5. The van der Waals surface area contributed by atoms with Crippen LogP contribution >= 0.6 is 11.3 Å². The molecule has 0 aliphatic carbocycles. The quantitative estimate of drug-likeness (QED) is 0.566. The fraction of sp³-hybridized carbons (Fsp3) is 0. The zero-order chi connectivity index (χ0) is 14.4. The highest BCUT2D eigenvalue weighted by Crippen LogP contribution is 2.36. The molecular formula is C15H9N3O2S. The largest absolute Gasteiger partial charge is 0.506 e. The second kappa shape index (κ2) is 4.39. The number of hydrogen-bond acceptors (Lipinski definition) is 5. The van der Waals surface area contributed by atoms with Gasteiger partial charge in [-0.05, 0) is 24.3 Å². The summed E-state index contributed by atoms with van der Waals surface area (Å²) in [7, 11) is 0. The van der Waals surface area contributed by atoms with Crippen LogP contribution in [0.1, 0.15) is 0 Å². The van der Waals surface area contributed by atoms with Crippen LogP contribution in [0.15, 0.2) is 47.5 Å². The van der Waals surface area contributed by atoms with Crippen LogP contribution in [0.4, 0.5) is 0 Å². The van der Waals surface area contributed by atoms with Gasteiger partial charge in [0.1, 0.15) is 10.6 Å². The van der Waals surface area contributed by atoms with E-state index >= 15 is 0 Å². The lowest BCUT2D eigenvalue weighted by Crippen LogP contribution is -2.01. The van der Waals surface area contributed by atoms with E-state index in [4.69, 9.17) is 0 Å². The van der Waals surface area contributed by atoms with Crippen LogP contribution in [0.25, 0.3) is 31.7 Å². The van der Waals surface area contributed by atoms with Crippen LogP contribution in [0.2, 0.25) is 0 Å². The number of fused-ring (bicyclic) bond motifs is 3. The number of H-pyrrole nitrogens is 1. The molecule has 0 unspecified atom stereocenters. The van der Waals surface area contributed by atoms with Crippen molar-refractivity contribution < 1.29 is 5.11 Å². The monoisotopic (exact) mass is 295 g/mol. The Bertz CT molecular complexity index is 1020. The van der Waals surface area contributed by atoms with E-state index in [9.17, 15) is 9.90 Å².